The van der Waals surface area contributed by atoms with Crippen molar-refractivity contribution in [1.29, 1.82) is 0 Å². The van der Waals surface area contributed by atoms with Crippen LogP contribution in [0.4, 0.5) is 13.2 Å². The molecular formula is C13H18F3N3. The fraction of sp³-hybridized carbons (Fsp3) is 0.462. The average Bonchev–Trinajstić information content (AvgIpc) is 2.33. The van der Waals surface area contributed by atoms with Gasteiger partial charge in [0.05, 0.1) is 13.0 Å². The smallest absolute Gasteiger partial charge is 0.356 e. The molecule has 0 aromatic heterocycles. The monoisotopic (exact) mass is 273 g/mol. The Morgan fingerprint density at radius 2 is 1.84 bits per heavy atom. The Morgan fingerprint density at radius 1 is 1.21 bits per heavy atom. The van der Waals surface area contributed by atoms with Gasteiger partial charge in [-0.3, -0.25) is 0 Å². The second-order valence-electron chi connectivity index (χ2n) is 4.31. The number of alkyl halides is 3. The number of hydrogen-bond acceptors (Lipinski definition) is 1. The molecule has 1 aromatic rings. The molecule has 19 heavy (non-hydrogen) atoms. The quantitative estimate of drug-likeness (QED) is 0.674. The Kier molecular flexibility index (Phi) is 5.66. The van der Waals surface area contributed by atoms with Crippen LogP contribution in [0.15, 0.2) is 35.3 Å². The number of hydrogen-bond donors (Lipinski definition) is 1. The summed E-state index contributed by atoms with van der Waals surface area (Å²) in [5, 5.41) is 2.70. The van der Waals surface area contributed by atoms with Gasteiger partial charge in [-0.2, -0.15) is 13.2 Å². The summed E-state index contributed by atoms with van der Waals surface area (Å²) >= 11 is 0. The second kappa shape index (κ2) is 7.01. The maximum absolute atomic E-state index is 12.1. The largest absolute Gasteiger partial charge is 0.390 e. The third-order valence-corrected chi connectivity index (χ3v) is 2.37. The molecule has 0 aliphatic carbocycles. The number of nitrogens with zero attached hydrogens (tertiary/aromatic N) is 2. The van der Waals surface area contributed by atoms with Gasteiger partial charge in [0.15, 0.2) is 5.96 Å². The molecule has 1 aromatic carbocycles. The van der Waals surface area contributed by atoms with Gasteiger partial charge in [0.25, 0.3) is 0 Å². The normalized spacial score (nSPS) is 12.4. The fourth-order valence-electron chi connectivity index (χ4n) is 1.42. The van der Waals surface area contributed by atoms with E-state index in [1.807, 2.05) is 30.3 Å². The van der Waals surface area contributed by atoms with E-state index in [0.29, 0.717) is 12.5 Å². The summed E-state index contributed by atoms with van der Waals surface area (Å²) in [5.41, 5.74) is 1.01. The average molecular weight is 273 g/mol. The van der Waals surface area contributed by atoms with Crippen LogP contribution in [0.5, 0.6) is 0 Å². The van der Waals surface area contributed by atoms with E-state index in [9.17, 15) is 13.2 Å². The van der Waals surface area contributed by atoms with Crippen LogP contribution in [0.3, 0.4) is 0 Å². The lowest BCUT2D eigenvalue weighted by Crippen LogP contribution is -2.38. The maximum atomic E-state index is 12.1. The van der Waals surface area contributed by atoms with Gasteiger partial charge < -0.3 is 10.2 Å². The molecule has 0 saturated heterocycles. The van der Waals surface area contributed by atoms with Crippen LogP contribution in [0.25, 0.3) is 0 Å². The van der Waals surface area contributed by atoms with Crippen molar-refractivity contribution in [3.63, 3.8) is 0 Å². The third kappa shape index (κ3) is 6.69. The van der Waals surface area contributed by atoms with Crippen LogP contribution in [0, 0.1) is 0 Å². The maximum Gasteiger partial charge on any atom is 0.390 e. The summed E-state index contributed by atoms with van der Waals surface area (Å²) in [6, 6.07) is 9.55. The second-order valence-corrected chi connectivity index (χ2v) is 4.31. The van der Waals surface area contributed by atoms with Crippen molar-refractivity contribution in [2.75, 3.05) is 20.6 Å². The molecule has 0 bridgehead atoms. The highest BCUT2D eigenvalue weighted by molar-refractivity contribution is 5.79. The standard InChI is InChI=1S/C13H18F3N3/c1-19(2)12(17-9-8-13(14,15)16)18-10-11-6-4-3-5-7-11/h3-7H,8-10H2,1-2H3,(H,17,18). The number of aliphatic imine (C=N–C) groups is 1. The minimum atomic E-state index is -4.15. The van der Waals surface area contributed by atoms with Crippen molar-refractivity contribution < 1.29 is 13.2 Å². The van der Waals surface area contributed by atoms with Crippen molar-refractivity contribution in [1.82, 2.24) is 10.2 Å². The third-order valence-electron chi connectivity index (χ3n) is 2.37. The molecular weight excluding hydrogens is 255 g/mol. The number of rotatable bonds is 4. The zero-order valence-electron chi connectivity index (χ0n) is 11.0. The minimum absolute atomic E-state index is 0.171. The molecule has 0 spiro atoms. The molecule has 0 heterocycles. The predicted octanol–water partition coefficient (Wildman–Crippen LogP) is 2.65. The first kappa shape index (κ1) is 15.3. The Bertz CT molecular complexity index is 399. The van der Waals surface area contributed by atoms with Crippen LogP contribution in [-0.2, 0) is 6.54 Å². The first-order valence-corrected chi connectivity index (χ1v) is 5.95. The number of guanidine groups is 1. The van der Waals surface area contributed by atoms with Crippen molar-refractivity contribution in [2.24, 2.45) is 4.99 Å². The molecule has 0 fully saturated rings. The predicted molar refractivity (Wildman–Crippen MR) is 69.9 cm³/mol. The SMILES string of the molecule is CN(C)C(=NCc1ccccc1)NCCC(F)(F)F. The van der Waals surface area contributed by atoms with Crippen molar-refractivity contribution >= 4 is 5.96 Å². The molecule has 1 N–H and O–H groups in total. The van der Waals surface area contributed by atoms with E-state index in [-0.39, 0.29) is 6.54 Å². The van der Waals surface area contributed by atoms with E-state index < -0.39 is 12.6 Å². The zero-order valence-corrected chi connectivity index (χ0v) is 11.0. The number of benzene rings is 1. The van der Waals surface area contributed by atoms with E-state index in [1.54, 1.807) is 19.0 Å². The molecule has 6 heteroatoms. The van der Waals surface area contributed by atoms with Gasteiger partial charge >= 0.3 is 6.18 Å². The lowest BCUT2D eigenvalue weighted by Gasteiger charge is -2.18. The van der Waals surface area contributed by atoms with Gasteiger partial charge in [-0.05, 0) is 5.56 Å². The van der Waals surface area contributed by atoms with Gasteiger partial charge in [0.1, 0.15) is 0 Å². The Morgan fingerprint density at radius 3 is 2.37 bits per heavy atom. The molecule has 0 unspecified atom stereocenters. The molecule has 0 aliphatic heterocycles. The van der Waals surface area contributed by atoms with Gasteiger partial charge in [-0.25, -0.2) is 4.99 Å². The summed E-state index contributed by atoms with van der Waals surface area (Å²) in [5.74, 6) is 0.452. The Balaban J connectivity index is 2.52. The lowest BCUT2D eigenvalue weighted by atomic mass is 10.2. The molecule has 0 saturated carbocycles. The lowest BCUT2D eigenvalue weighted by molar-refractivity contribution is -0.132. The van der Waals surface area contributed by atoms with Crippen LogP contribution in [0.2, 0.25) is 0 Å². The summed E-state index contributed by atoms with van der Waals surface area (Å²) in [7, 11) is 3.48. The molecule has 106 valence electrons. The summed E-state index contributed by atoms with van der Waals surface area (Å²) in [6.45, 7) is 0.267. The minimum Gasteiger partial charge on any atom is -0.356 e. The van der Waals surface area contributed by atoms with Gasteiger partial charge in [0.2, 0.25) is 0 Å². The van der Waals surface area contributed by atoms with Crippen molar-refractivity contribution in [2.45, 2.75) is 19.1 Å². The van der Waals surface area contributed by atoms with Crippen LogP contribution in [-0.4, -0.2) is 37.7 Å². The molecule has 1 rings (SSSR count). The highest BCUT2D eigenvalue weighted by Crippen LogP contribution is 2.18. The Labute approximate surface area is 111 Å². The molecule has 0 aliphatic rings. The van der Waals surface area contributed by atoms with Crippen LogP contribution < -0.4 is 5.32 Å². The van der Waals surface area contributed by atoms with Gasteiger partial charge in [-0.1, -0.05) is 30.3 Å². The topological polar surface area (TPSA) is 27.6 Å². The molecule has 0 atom stereocenters. The van der Waals surface area contributed by atoms with Crippen LogP contribution in [0.1, 0.15) is 12.0 Å². The summed E-state index contributed by atoms with van der Waals surface area (Å²) in [4.78, 5) is 5.94. The molecule has 0 radical (unpaired) electrons. The fourth-order valence-corrected chi connectivity index (χ4v) is 1.42. The van der Waals surface area contributed by atoms with E-state index >= 15 is 0 Å². The van der Waals surface area contributed by atoms with Crippen molar-refractivity contribution in [3.8, 4) is 0 Å². The number of nitrogens with one attached hydrogen (secondary N) is 1. The molecule has 3 nitrogen and oxygen atoms in total. The van der Waals surface area contributed by atoms with E-state index in [2.05, 4.69) is 10.3 Å². The van der Waals surface area contributed by atoms with E-state index in [1.165, 1.54) is 0 Å². The van der Waals surface area contributed by atoms with Gasteiger partial charge in [-0.15, -0.1) is 0 Å². The highest BCUT2D eigenvalue weighted by Gasteiger charge is 2.26. The first-order chi connectivity index (χ1) is 8.88. The van der Waals surface area contributed by atoms with Gasteiger partial charge in [0, 0.05) is 20.6 Å². The highest BCUT2D eigenvalue weighted by atomic mass is 19.4. The Hall–Kier alpha value is -1.72. The van der Waals surface area contributed by atoms with E-state index in [0.717, 1.165) is 5.56 Å². The van der Waals surface area contributed by atoms with Crippen LogP contribution >= 0.6 is 0 Å². The summed E-state index contributed by atoms with van der Waals surface area (Å²) in [6.07, 6.45) is -5.02. The zero-order chi connectivity index (χ0) is 14.3. The van der Waals surface area contributed by atoms with E-state index in [4.69, 9.17) is 0 Å². The summed E-state index contributed by atoms with van der Waals surface area (Å²) < 4.78 is 36.2. The molecule has 0 amide bonds. The first-order valence-electron chi connectivity index (χ1n) is 5.95. The van der Waals surface area contributed by atoms with Crippen molar-refractivity contribution in [3.05, 3.63) is 35.9 Å². The number of halogens is 3.